The largest absolute Gasteiger partial charge is 0.309 e. The fraction of sp³-hybridized carbons (Fsp3) is 0. The van der Waals surface area contributed by atoms with E-state index in [0.717, 1.165) is 27.1 Å². The Labute approximate surface area is 130 Å². The van der Waals surface area contributed by atoms with E-state index in [0.29, 0.717) is 0 Å². The quantitative estimate of drug-likeness (QED) is 0.636. The maximum absolute atomic E-state index is 14.1. The predicted octanol–water partition coefficient (Wildman–Crippen LogP) is 4.51. The van der Waals surface area contributed by atoms with Crippen molar-refractivity contribution in [2.45, 2.75) is 0 Å². The summed E-state index contributed by atoms with van der Waals surface area (Å²) in [6, 6.07) is 27.9. The van der Waals surface area contributed by atoms with Gasteiger partial charge in [0.1, 0.15) is 0 Å². The molecule has 1 unspecified atom stereocenters. The summed E-state index contributed by atoms with van der Waals surface area (Å²) in [6.45, 7) is 0. The summed E-state index contributed by atoms with van der Waals surface area (Å²) in [5.74, 6) is 0. The summed E-state index contributed by atoms with van der Waals surface area (Å²) in [4.78, 5) is 0. The Balaban J connectivity index is 2.01. The smallest absolute Gasteiger partial charge is 0.172 e. The topological polar surface area (TPSA) is 17.1 Å². The second kappa shape index (κ2) is 5.12. The van der Waals surface area contributed by atoms with Crippen molar-refractivity contribution in [2.75, 3.05) is 0 Å². The lowest BCUT2D eigenvalue weighted by Gasteiger charge is -2.19. The van der Waals surface area contributed by atoms with Crippen molar-refractivity contribution in [3.8, 4) is 0 Å². The second-order valence-corrected chi connectivity index (χ2v) is 8.10. The van der Waals surface area contributed by atoms with Crippen LogP contribution in [0.5, 0.6) is 0 Å². The molecule has 22 heavy (non-hydrogen) atoms. The van der Waals surface area contributed by atoms with Gasteiger partial charge in [0.25, 0.3) is 0 Å². The van der Waals surface area contributed by atoms with E-state index in [-0.39, 0.29) is 0 Å². The maximum Gasteiger partial charge on any atom is 0.172 e. The number of hydrogen-bond donors (Lipinski definition) is 0. The number of rotatable bonds is 2. The minimum absolute atomic E-state index is 0.898. The third kappa shape index (κ3) is 1.90. The van der Waals surface area contributed by atoms with Crippen molar-refractivity contribution in [1.29, 1.82) is 0 Å². The summed E-state index contributed by atoms with van der Waals surface area (Å²) in [5.41, 5.74) is 2.10. The molecule has 0 spiro atoms. The van der Waals surface area contributed by atoms with Gasteiger partial charge in [-0.05, 0) is 17.2 Å². The molecular formula is C20H15OP. The number of benzene rings is 3. The number of fused-ring (bicyclic) bond motifs is 1. The molecule has 0 fully saturated rings. The highest BCUT2D eigenvalue weighted by Crippen LogP contribution is 2.61. The van der Waals surface area contributed by atoms with Gasteiger partial charge in [0, 0.05) is 15.9 Å². The molecule has 0 saturated heterocycles. The lowest BCUT2D eigenvalue weighted by Crippen LogP contribution is -2.15. The fourth-order valence-electron chi connectivity index (χ4n) is 3.05. The monoisotopic (exact) mass is 302 g/mol. The van der Waals surface area contributed by atoms with Gasteiger partial charge in [0.15, 0.2) is 7.14 Å². The van der Waals surface area contributed by atoms with E-state index in [1.165, 1.54) is 0 Å². The lowest BCUT2D eigenvalue weighted by molar-refractivity contribution is 0.593. The molecule has 0 bridgehead atoms. The minimum atomic E-state index is -2.78. The van der Waals surface area contributed by atoms with Crippen molar-refractivity contribution >= 4 is 29.1 Å². The van der Waals surface area contributed by atoms with Gasteiger partial charge in [-0.3, -0.25) is 0 Å². The Bertz CT molecular complexity index is 895. The highest BCUT2D eigenvalue weighted by atomic mass is 31.2. The minimum Gasteiger partial charge on any atom is -0.309 e. The third-order valence-electron chi connectivity index (χ3n) is 4.10. The van der Waals surface area contributed by atoms with Gasteiger partial charge >= 0.3 is 0 Å². The van der Waals surface area contributed by atoms with Crippen LogP contribution in [-0.4, -0.2) is 0 Å². The van der Waals surface area contributed by atoms with Crippen molar-refractivity contribution < 1.29 is 4.57 Å². The van der Waals surface area contributed by atoms with Gasteiger partial charge in [-0.15, -0.1) is 0 Å². The van der Waals surface area contributed by atoms with E-state index >= 15 is 0 Å². The Kier molecular flexibility index (Phi) is 3.10. The van der Waals surface area contributed by atoms with Gasteiger partial charge in [0.2, 0.25) is 0 Å². The molecule has 1 atom stereocenters. The Morgan fingerprint density at radius 3 is 1.95 bits per heavy atom. The maximum atomic E-state index is 14.1. The summed E-state index contributed by atoms with van der Waals surface area (Å²) in [7, 11) is -2.78. The molecule has 4 rings (SSSR count). The highest BCUT2D eigenvalue weighted by Gasteiger charge is 2.38. The van der Waals surface area contributed by atoms with Crippen LogP contribution >= 0.6 is 7.14 Å². The first-order valence-electron chi connectivity index (χ1n) is 7.33. The number of hydrogen-bond acceptors (Lipinski definition) is 1. The average Bonchev–Trinajstić information content (AvgIpc) is 2.91. The summed E-state index contributed by atoms with van der Waals surface area (Å²) in [6.07, 6.45) is 2.08. The van der Waals surface area contributed by atoms with Gasteiger partial charge in [-0.25, -0.2) is 0 Å². The predicted molar refractivity (Wildman–Crippen MR) is 94.1 cm³/mol. The first kappa shape index (κ1) is 13.3. The summed E-state index contributed by atoms with van der Waals surface area (Å²) < 4.78 is 14.1. The van der Waals surface area contributed by atoms with Crippen molar-refractivity contribution in [2.24, 2.45) is 0 Å². The Hall–Kier alpha value is -2.37. The third-order valence-corrected chi connectivity index (χ3v) is 7.27. The first-order chi connectivity index (χ1) is 10.8. The van der Waals surface area contributed by atoms with Gasteiger partial charge in [0.05, 0.1) is 0 Å². The van der Waals surface area contributed by atoms with Crippen molar-refractivity contribution in [3.63, 3.8) is 0 Å². The van der Waals surface area contributed by atoms with E-state index in [1.54, 1.807) is 0 Å². The van der Waals surface area contributed by atoms with Crippen LogP contribution < -0.4 is 10.6 Å². The van der Waals surface area contributed by atoms with E-state index in [2.05, 4.69) is 6.08 Å². The molecule has 1 aliphatic heterocycles. The summed E-state index contributed by atoms with van der Waals surface area (Å²) in [5, 5.41) is 2.77. The highest BCUT2D eigenvalue weighted by molar-refractivity contribution is 7.88. The zero-order chi connectivity index (χ0) is 15.0. The van der Waals surface area contributed by atoms with Gasteiger partial charge in [-0.2, -0.15) is 0 Å². The molecule has 0 amide bonds. The van der Waals surface area contributed by atoms with Crippen molar-refractivity contribution in [3.05, 3.63) is 96.1 Å². The molecule has 0 aromatic heterocycles. The molecule has 2 heteroatoms. The van der Waals surface area contributed by atoms with Crippen LogP contribution in [0.2, 0.25) is 0 Å². The first-order valence-corrected chi connectivity index (χ1v) is 9.04. The summed E-state index contributed by atoms with van der Waals surface area (Å²) >= 11 is 0. The molecule has 0 radical (unpaired) electrons. The molecule has 0 aliphatic carbocycles. The zero-order valence-corrected chi connectivity index (χ0v) is 12.9. The van der Waals surface area contributed by atoms with Crippen LogP contribution in [0.15, 0.2) is 84.9 Å². The molecule has 3 aromatic carbocycles. The molecule has 1 aliphatic rings. The standard InChI is InChI=1S/C20H15OP/c21-22(18-12-5-2-6-13-18)19-14-8-7-11-17(19)15-20(22)16-9-3-1-4-10-16/h1-15H. The van der Waals surface area contributed by atoms with E-state index < -0.39 is 7.14 Å². The van der Waals surface area contributed by atoms with Crippen LogP contribution in [0.4, 0.5) is 0 Å². The molecule has 3 aromatic rings. The Morgan fingerprint density at radius 1 is 0.636 bits per heavy atom. The SMILES string of the molecule is O=P1(c2ccccc2)C(c2ccccc2)=Cc2ccccc21. The second-order valence-electron chi connectivity index (χ2n) is 5.40. The van der Waals surface area contributed by atoms with Crippen LogP contribution in [0, 0.1) is 0 Å². The molecule has 106 valence electrons. The van der Waals surface area contributed by atoms with Crippen LogP contribution in [0.3, 0.4) is 0 Å². The molecular weight excluding hydrogens is 287 g/mol. The van der Waals surface area contributed by atoms with Crippen LogP contribution in [-0.2, 0) is 4.57 Å². The average molecular weight is 302 g/mol. The molecule has 1 nitrogen and oxygen atoms in total. The zero-order valence-electron chi connectivity index (χ0n) is 12.0. The van der Waals surface area contributed by atoms with Gasteiger partial charge < -0.3 is 4.57 Å². The van der Waals surface area contributed by atoms with Crippen LogP contribution in [0.1, 0.15) is 11.1 Å². The van der Waals surface area contributed by atoms with E-state index in [4.69, 9.17) is 0 Å². The Morgan fingerprint density at radius 2 is 1.23 bits per heavy atom. The van der Waals surface area contributed by atoms with E-state index in [9.17, 15) is 4.57 Å². The van der Waals surface area contributed by atoms with Crippen molar-refractivity contribution in [1.82, 2.24) is 0 Å². The van der Waals surface area contributed by atoms with Gasteiger partial charge in [-0.1, -0.05) is 84.9 Å². The molecule has 0 N–H and O–H groups in total. The van der Waals surface area contributed by atoms with E-state index in [1.807, 2.05) is 84.9 Å². The molecule has 1 heterocycles. The normalized spacial score (nSPS) is 19.5. The fourth-order valence-corrected chi connectivity index (χ4v) is 6.09. The lowest BCUT2D eigenvalue weighted by atomic mass is 10.1. The van der Waals surface area contributed by atoms with Crippen LogP contribution in [0.25, 0.3) is 11.4 Å². The molecule has 0 saturated carbocycles.